The number of nitrogens with one attached hydrogen (secondary N) is 1. The van der Waals surface area contributed by atoms with Crippen molar-refractivity contribution in [2.45, 2.75) is 20.4 Å². The predicted octanol–water partition coefficient (Wildman–Crippen LogP) is 4.10. The van der Waals surface area contributed by atoms with Crippen LogP contribution in [0.1, 0.15) is 16.7 Å². The van der Waals surface area contributed by atoms with E-state index in [0.29, 0.717) is 17.7 Å². The lowest BCUT2D eigenvalue weighted by atomic mass is 10.1. The summed E-state index contributed by atoms with van der Waals surface area (Å²) in [5, 5.41) is 13.9. The van der Waals surface area contributed by atoms with E-state index < -0.39 is 16.6 Å². The zero-order chi connectivity index (χ0) is 15.6. The first-order valence-corrected chi connectivity index (χ1v) is 6.32. The lowest BCUT2D eigenvalue weighted by molar-refractivity contribution is -0.385. The number of hydrogen-bond acceptors (Lipinski definition) is 3. The zero-order valence-corrected chi connectivity index (χ0v) is 11.6. The Morgan fingerprint density at radius 2 is 1.81 bits per heavy atom. The fourth-order valence-corrected chi connectivity index (χ4v) is 2.03. The van der Waals surface area contributed by atoms with Crippen LogP contribution in [0.15, 0.2) is 30.3 Å². The summed E-state index contributed by atoms with van der Waals surface area (Å²) in [4.78, 5) is 10.4. The minimum Gasteiger partial charge on any atom is -0.381 e. The van der Waals surface area contributed by atoms with Crippen LogP contribution in [0.25, 0.3) is 0 Å². The van der Waals surface area contributed by atoms with Crippen LogP contribution in [-0.2, 0) is 6.54 Å². The Bertz CT molecular complexity index is 702. The van der Waals surface area contributed by atoms with Crippen LogP contribution < -0.4 is 5.32 Å². The molecule has 0 saturated carbocycles. The molecule has 0 fully saturated rings. The molecular formula is C15H14F2N2O2. The van der Waals surface area contributed by atoms with E-state index in [0.717, 1.165) is 23.4 Å². The van der Waals surface area contributed by atoms with Crippen LogP contribution in [0.2, 0.25) is 0 Å². The lowest BCUT2D eigenvalue weighted by Crippen LogP contribution is -2.03. The molecule has 0 aliphatic heterocycles. The molecule has 0 unspecified atom stereocenters. The number of rotatable bonds is 4. The average molecular weight is 292 g/mol. The molecule has 0 aliphatic carbocycles. The monoisotopic (exact) mass is 292 g/mol. The summed E-state index contributed by atoms with van der Waals surface area (Å²) in [6.45, 7) is 3.70. The summed E-state index contributed by atoms with van der Waals surface area (Å²) in [6.07, 6.45) is 0. The fraction of sp³-hybridized carbons (Fsp3) is 0.200. The topological polar surface area (TPSA) is 55.2 Å². The molecule has 0 radical (unpaired) electrons. The van der Waals surface area contributed by atoms with Crippen LogP contribution in [-0.4, -0.2) is 4.92 Å². The molecule has 0 aliphatic rings. The molecule has 4 nitrogen and oxygen atoms in total. The van der Waals surface area contributed by atoms with Crippen molar-refractivity contribution >= 4 is 11.4 Å². The molecule has 0 saturated heterocycles. The lowest BCUT2D eigenvalue weighted by Gasteiger charge is -2.11. The van der Waals surface area contributed by atoms with E-state index in [-0.39, 0.29) is 5.69 Å². The largest absolute Gasteiger partial charge is 0.381 e. The number of aryl methyl sites for hydroxylation is 2. The summed E-state index contributed by atoms with van der Waals surface area (Å²) in [5.74, 6) is -1.79. The molecule has 2 aromatic carbocycles. The molecule has 0 spiro atoms. The van der Waals surface area contributed by atoms with Gasteiger partial charge in [0.1, 0.15) is 0 Å². The number of nitro groups is 1. The second kappa shape index (κ2) is 5.87. The predicted molar refractivity (Wildman–Crippen MR) is 76.3 cm³/mol. The van der Waals surface area contributed by atoms with Gasteiger partial charge in [0.25, 0.3) is 5.69 Å². The van der Waals surface area contributed by atoms with E-state index in [9.17, 15) is 18.9 Å². The summed E-state index contributed by atoms with van der Waals surface area (Å²) >= 11 is 0. The highest BCUT2D eigenvalue weighted by Crippen LogP contribution is 2.26. The molecule has 6 heteroatoms. The van der Waals surface area contributed by atoms with Crippen molar-refractivity contribution in [3.63, 3.8) is 0 Å². The first-order chi connectivity index (χ1) is 9.88. The van der Waals surface area contributed by atoms with E-state index in [2.05, 4.69) is 5.32 Å². The normalized spacial score (nSPS) is 10.5. The molecule has 21 heavy (non-hydrogen) atoms. The highest BCUT2D eigenvalue weighted by atomic mass is 19.2. The number of nitrogens with zero attached hydrogens (tertiary/aromatic N) is 1. The maximum atomic E-state index is 13.1. The molecule has 0 aromatic heterocycles. The number of anilines is 1. The second-order valence-electron chi connectivity index (χ2n) is 4.81. The number of nitro benzene ring substituents is 1. The SMILES string of the molecule is Cc1cc([N+](=O)[O-])c(C)cc1NCc1ccc(F)c(F)c1. The maximum Gasteiger partial charge on any atom is 0.272 e. The molecule has 0 atom stereocenters. The number of benzene rings is 2. The summed E-state index contributed by atoms with van der Waals surface area (Å²) < 4.78 is 26.0. The van der Waals surface area contributed by atoms with Gasteiger partial charge < -0.3 is 5.32 Å². The number of hydrogen-bond donors (Lipinski definition) is 1. The standard InChI is InChI=1S/C15H14F2N2O2/c1-9-6-15(19(20)21)10(2)5-14(9)18-8-11-3-4-12(16)13(17)7-11/h3-7,18H,8H2,1-2H3. The third kappa shape index (κ3) is 3.34. The molecule has 2 rings (SSSR count). The molecule has 0 bridgehead atoms. The summed E-state index contributed by atoms with van der Waals surface area (Å²) in [6, 6.07) is 6.84. The van der Waals surface area contributed by atoms with Crippen molar-refractivity contribution in [3.05, 3.63) is 68.8 Å². The zero-order valence-electron chi connectivity index (χ0n) is 11.6. The number of halogens is 2. The van der Waals surface area contributed by atoms with Crippen molar-refractivity contribution in [3.8, 4) is 0 Å². The van der Waals surface area contributed by atoms with Crippen molar-refractivity contribution < 1.29 is 13.7 Å². The molecule has 1 N–H and O–H groups in total. The van der Waals surface area contributed by atoms with E-state index in [4.69, 9.17) is 0 Å². The van der Waals surface area contributed by atoms with Crippen molar-refractivity contribution in [2.75, 3.05) is 5.32 Å². The Labute approximate surface area is 120 Å². The molecular weight excluding hydrogens is 278 g/mol. The first-order valence-electron chi connectivity index (χ1n) is 6.32. The molecule has 2 aromatic rings. The molecule has 0 heterocycles. The maximum absolute atomic E-state index is 13.1. The van der Waals surface area contributed by atoms with Gasteiger partial charge in [-0.25, -0.2) is 8.78 Å². The summed E-state index contributed by atoms with van der Waals surface area (Å²) in [7, 11) is 0. The van der Waals surface area contributed by atoms with Gasteiger partial charge in [0.15, 0.2) is 11.6 Å². The minimum absolute atomic E-state index is 0.0610. The van der Waals surface area contributed by atoms with Crippen molar-refractivity contribution in [1.29, 1.82) is 0 Å². The van der Waals surface area contributed by atoms with Gasteiger partial charge in [-0.05, 0) is 43.2 Å². The third-order valence-electron chi connectivity index (χ3n) is 3.21. The average Bonchev–Trinajstić information content (AvgIpc) is 2.42. The Morgan fingerprint density at radius 3 is 2.43 bits per heavy atom. The van der Waals surface area contributed by atoms with E-state index >= 15 is 0 Å². The fourth-order valence-electron chi connectivity index (χ4n) is 2.03. The Morgan fingerprint density at radius 1 is 1.10 bits per heavy atom. The van der Waals surface area contributed by atoms with E-state index in [1.165, 1.54) is 12.1 Å². The van der Waals surface area contributed by atoms with E-state index in [1.807, 2.05) is 0 Å². The van der Waals surface area contributed by atoms with Crippen LogP contribution >= 0.6 is 0 Å². The van der Waals surface area contributed by atoms with Gasteiger partial charge in [0.2, 0.25) is 0 Å². The highest BCUT2D eigenvalue weighted by molar-refractivity contribution is 5.59. The van der Waals surface area contributed by atoms with Gasteiger partial charge in [0, 0.05) is 23.9 Å². The minimum atomic E-state index is -0.897. The van der Waals surface area contributed by atoms with Crippen LogP contribution in [0.4, 0.5) is 20.2 Å². The molecule has 0 amide bonds. The molecule has 110 valence electrons. The van der Waals surface area contributed by atoms with Gasteiger partial charge in [-0.3, -0.25) is 10.1 Å². The first kappa shape index (κ1) is 14.9. The van der Waals surface area contributed by atoms with Crippen LogP contribution in [0.5, 0.6) is 0 Å². The van der Waals surface area contributed by atoms with Gasteiger partial charge >= 0.3 is 0 Å². The second-order valence-corrected chi connectivity index (χ2v) is 4.81. The Balaban J connectivity index is 2.18. The summed E-state index contributed by atoms with van der Waals surface area (Å²) in [5.41, 5.74) is 2.63. The van der Waals surface area contributed by atoms with Gasteiger partial charge in [-0.1, -0.05) is 6.07 Å². The Kier molecular flexibility index (Phi) is 4.16. The van der Waals surface area contributed by atoms with Crippen molar-refractivity contribution in [2.24, 2.45) is 0 Å². The van der Waals surface area contributed by atoms with Gasteiger partial charge in [-0.2, -0.15) is 0 Å². The highest BCUT2D eigenvalue weighted by Gasteiger charge is 2.13. The van der Waals surface area contributed by atoms with Crippen LogP contribution in [0, 0.1) is 35.6 Å². The Hall–Kier alpha value is -2.50. The third-order valence-corrected chi connectivity index (χ3v) is 3.21. The van der Waals surface area contributed by atoms with Crippen molar-refractivity contribution in [1.82, 2.24) is 0 Å². The van der Waals surface area contributed by atoms with E-state index in [1.54, 1.807) is 19.9 Å². The van der Waals surface area contributed by atoms with Crippen LogP contribution in [0.3, 0.4) is 0 Å². The quantitative estimate of drug-likeness (QED) is 0.681. The van der Waals surface area contributed by atoms with Gasteiger partial charge in [-0.15, -0.1) is 0 Å². The smallest absolute Gasteiger partial charge is 0.272 e. The van der Waals surface area contributed by atoms with Gasteiger partial charge in [0.05, 0.1) is 4.92 Å².